The largest absolute Gasteiger partial charge is 0.508 e. The summed E-state index contributed by atoms with van der Waals surface area (Å²) in [5.74, 6) is -0.726. The average molecular weight is 167 g/mol. The molecular formula is C8H9NO3. The Morgan fingerprint density at radius 3 is 2.25 bits per heavy atom. The zero-order valence-electron chi connectivity index (χ0n) is 6.27. The fraction of sp³-hybridized carbons (Fsp3) is 0.125. The van der Waals surface area contributed by atoms with Crippen LogP contribution in [0.2, 0.25) is 0 Å². The molecule has 4 heteroatoms. The number of amides is 1. The number of benzene rings is 1. The lowest BCUT2D eigenvalue weighted by atomic mass is 10.1. The average Bonchev–Trinajstić information content (AvgIpc) is 2.04. The van der Waals surface area contributed by atoms with E-state index in [1.165, 1.54) is 24.3 Å². The number of aliphatic hydroxyl groups excluding tert-OH is 1. The molecule has 0 spiro atoms. The van der Waals surface area contributed by atoms with Gasteiger partial charge < -0.3 is 15.9 Å². The fourth-order valence-electron chi connectivity index (χ4n) is 0.821. The second-order valence-electron chi connectivity index (χ2n) is 2.40. The zero-order chi connectivity index (χ0) is 9.14. The van der Waals surface area contributed by atoms with E-state index in [0.717, 1.165) is 0 Å². The van der Waals surface area contributed by atoms with Crippen LogP contribution >= 0.6 is 0 Å². The summed E-state index contributed by atoms with van der Waals surface area (Å²) in [6, 6.07) is 5.62. The summed E-state index contributed by atoms with van der Waals surface area (Å²) < 4.78 is 0. The molecule has 0 bridgehead atoms. The molecule has 0 fully saturated rings. The lowest BCUT2D eigenvalue weighted by Crippen LogP contribution is -2.20. The van der Waals surface area contributed by atoms with E-state index in [-0.39, 0.29) is 5.75 Å². The first kappa shape index (κ1) is 8.55. The Balaban J connectivity index is 2.89. The van der Waals surface area contributed by atoms with Crippen LogP contribution in [0.25, 0.3) is 0 Å². The van der Waals surface area contributed by atoms with Gasteiger partial charge in [0, 0.05) is 0 Å². The lowest BCUT2D eigenvalue weighted by molar-refractivity contribution is -0.126. The minimum absolute atomic E-state index is 0.0791. The summed E-state index contributed by atoms with van der Waals surface area (Å²) >= 11 is 0. The Hall–Kier alpha value is -1.55. The van der Waals surface area contributed by atoms with Gasteiger partial charge in [-0.1, -0.05) is 12.1 Å². The third-order valence-electron chi connectivity index (χ3n) is 1.48. The molecule has 0 saturated heterocycles. The minimum Gasteiger partial charge on any atom is -0.508 e. The summed E-state index contributed by atoms with van der Waals surface area (Å²) in [5, 5.41) is 18.0. The van der Waals surface area contributed by atoms with Crippen LogP contribution in [-0.2, 0) is 4.79 Å². The van der Waals surface area contributed by atoms with Crippen LogP contribution in [-0.4, -0.2) is 16.1 Å². The second kappa shape index (κ2) is 3.23. The first-order valence-electron chi connectivity index (χ1n) is 3.37. The number of hydrogen-bond donors (Lipinski definition) is 3. The maximum absolute atomic E-state index is 10.5. The maximum atomic E-state index is 10.5. The number of rotatable bonds is 2. The highest BCUT2D eigenvalue weighted by Crippen LogP contribution is 2.15. The van der Waals surface area contributed by atoms with E-state index >= 15 is 0 Å². The van der Waals surface area contributed by atoms with Crippen molar-refractivity contribution >= 4 is 5.91 Å². The smallest absolute Gasteiger partial charge is 0.250 e. The van der Waals surface area contributed by atoms with Gasteiger partial charge in [0.25, 0.3) is 5.91 Å². The van der Waals surface area contributed by atoms with E-state index in [1.54, 1.807) is 0 Å². The molecule has 1 rings (SSSR count). The number of carbonyl (C=O) groups excluding carboxylic acids is 1. The van der Waals surface area contributed by atoms with Gasteiger partial charge in [0.2, 0.25) is 0 Å². The van der Waals surface area contributed by atoms with Gasteiger partial charge in [-0.25, -0.2) is 0 Å². The third kappa shape index (κ3) is 1.73. The van der Waals surface area contributed by atoms with Crippen molar-refractivity contribution in [3.8, 4) is 5.75 Å². The molecule has 1 aromatic rings. The predicted molar refractivity (Wildman–Crippen MR) is 42.3 cm³/mol. The van der Waals surface area contributed by atoms with Crippen molar-refractivity contribution in [3.63, 3.8) is 0 Å². The van der Waals surface area contributed by atoms with E-state index in [0.29, 0.717) is 5.56 Å². The summed E-state index contributed by atoms with van der Waals surface area (Å²) in [5.41, 5.74) is 5.23. The minimum atomic E-state index is -1.30. The van der Waals surface area contributed by atoms with E-state index in [4.69, 9.17) is 15.9 Å². The van der Waals surface area contributed by atoms with Crippen LogP contribution in [0, 0.1) is 0 Å². The number of aliphatic hydroxyl groups is 1. The van der Waals surface area contributed by atoms with Crippen LogP contribution in [0.3, 0.4) is 0 Å². The lowest BCUT2D eigenvalue weighted by Gasteiger charge is -2.05. The summed E-state index contributed by atoms with van der Waals surface area (Å²) in [6.45, 7) is 0. The zero-order valence-corrected chi connectivity index (χ0v) is 6.27. The number of hydrogen-bond acceptors (Lipinski definition) is 3. The molecule has 0 saturated carbocycles. The van der Waals surface area contributed by atoms with Gasteiger partial charge in [-0.3, -0.25) is 4.79 Å². The van der Waals surface area contributed by atoms with Crippen molar-refractivity contribution in [2.45, 2.75) is 6.10 Å². The number of phenolic OH excluding ortho intramolecular Hbond substituents is 1. The molecule has 12 heavy (non-hydrogen) atoms. The van der Waals surface area contributed by atoms with Crippen LogP contribution in [0.5, 0.6) is 5.75 Å². The SMILES string of the molecule is NC(=O)[C@@H](O)c1ccc(O)cc1. The Morgan fingerprint density at radius 1 is 1.33 bits per heavy atom. The molecule has 0 aliphatic rings. The molecule has 0 radical (unpaired) electrons. The van der Waals surface area contributed by atoms with E-state index < -0.39 is 12.0 Å². The molecular weight excluding hydrogens is 158 g/mol. The van der Waals surface area contributed by atoms with Crippen LogP contribution in [0.4, 0.5) is 0 Å². The van der Waals surface area contributed by atoms with Crippen molar-refractivity contribution in [2.24, 2.45) is 5.73 Å². The van der Waals surface area contributed by atoms with Crippen molar-refractivity contribution < 1.29 is 15.0 Å². The number of phenols is 1. The number of carbonyl (C=O) groups is 1. The Kier molecular flexibility index (Phi) is 2.30. The van der Waals surface area contributed by atoms with Gasteiger partial charge in [-0.2, -0.15) is 0 Å². The van der Waals surface area contributed by atoms with Crippen molar-refractivity contribution in [2.75, 3.05) is 0 Å². The van der Waals surface area contributed by atoms with Gasteiger partial charge in [0.05, 0.1) is 0 Å². The van der Waals surface area contributed by atoms with E-state index in [9.17, 15) is 4.79 Å². The molecule has 1 atom stereocenters. The topological polar surface area (TPSA) is 83.6 Å². The predicted octanol–water partition coefficient (Wildman–Crippen LogP) is -0.0891. The van der Waals surface area contributed by atoms with Gasteiger partial charge >= 0.3 is 0 Å². The Morgan fingerprint density at radius 2 is 1.83 bits per heavy atom. The summed E-state index contributed by atoms with van der Waals surface area (Å²) in [7, 11) is 0. The number of primary amides is 1. The molecule has 4 nitrogen and oxygen atoms in total. The molecule has 1 aromatic carbocycles. The Labute approximate surface area is 69.3 Å². The fourth-order valence-corrected chi connectivity index (χ4v) is 0.821. The highest BCUT2D eigenvalue weighted by Gasteiger charge is 2.12. The summed E-state index contributed by atoms with van der Waals surface area (Å²) in [4.78, 5) is 10.5. The summed E-state index contributed by atoms with van der Waals surface area (Å²) in [6.07, 6.45) is -1.30. The molecule has 0 aliphatic carbocycles. The van der Waals surface area contributed by atoms with Gasteiger partial charge in [0.15, 0.2) is 6.10 Å². The van der Waals surface area contributed by atoms with Gasteiger partial charge in [-0.05, 0) is 17.7 Å². The molecule has 4 N–H and O–H groups in total. The van der Waals surface area contributed by atoms with Crippen molar-refractivity contribution in [1.29, 1.82) is 0 Å². The van der Waals surface area contributed by atoms with Crippen LogP contribution < -0.4 is 5.73 Å². The van der Waals surface area contributed by atoms with Crippen molar-refractivity contribution in [3.05, 3.63) is 29.8 Å². The van der Waals surface area contributed by atoms with Crippen LogP contribution in [0.15, 0.2) is 24.3 Å². The van der Waals surface area contributed by atoms with Gasteiger partial charge in [-0.15, -0.1) is 0 Å². The monoisotopic (exact) mass is 167 g/mol. The second-order valence-corrected chi connectivity index (χ2v) is 2.40. The molecule has 0 aromatic heterocycles. The quantitative estimate of drug-likeness (QED) is 0.575. The van der Waals surface area contributed by atoms with E-state index in [2.05, 4.69) is 0 Å². The normalized spacial score (nSPS) is 12.4. The maximum Gasteiger partial charge on any atom is 0.250 e. The standard InChI is InChI=1S/C8H9NO3/c9-8(12)7(11)5-1-3-6(10)4-2-5/h1-4,7,10-11H,(H2,9,12)/t7-/m0/s1. The molecule has 64 valence electrons. The number of aromatic hydroxyl groups is 1. The van der Waals surface area contributed by atoms with Crippen LogP contribution in [0.1, 0.15) is 11.7 Å². The molecule has 0 heterocycles. The first-order chi connectivity index (χ1) is 5.61. The highest BCUT2D eigenvalue weighted by atomic mass is 16.3. The molecule has 0 aliphatic heterocycles. The third-order valence-corrected chi connectivity index (χ3v) is 1.48. The first-order valence-corrected chi connectivity index (χ1v) is 3.37. The Bertz CT molecular complexity index is 281. The van der Waals surface area contributed by atoms with E-state index in [1.807, 2.05) is 0 Å². The highest BCUT2D eigenvalue weighted by molar-refractivity contribution is 5.80. The number of nitrogens with two attached hydrogens (primary N) is 1. The van der Waals surface area contributed by atoms with Gasteiger partial charge in [0.1, 0.15) is 5.75 Å². The molecule has 0 unspecified atom stereocenters. The van der Waals surface area contributed by atoms with Crippen molar-refractivity contribution in [1.82, 2.24) is 0 Å². The molecule has 1 amide bonds.